The van der Waals surface area contributed by atoms with Gasteiger partial charge in [0.2, 0.25) is 0 Å². The average Bonchev–Trinajstić information content (AvgIpc) is 2.43. The molecule has 0 heterocycles. The van der Waals surface area contributed by atoms with E-state index in [4.69, 9.17) is 4.74 Å². The smallest absolute Gasteiger partial charge is 0.0630 e. The van der Waals surface area contributed by atoms with Crippen molar-refractivity contribution in [1.29, 1.82) is 0 Å². The van der Waals surface area contributed by atoms with Crippen molar-refractivity contribution in [1.82, 2.24) is 10.2 Å². The molecule has 1 rings (SSSR count). The molecule has 0 radical (unpaired) electrons. The molecule has 3 nitrogen and oxygen atoms in total. The summed E-state index contributed by atoms with van der Waals surface area (Å²) in [6, 6.07) is 1.27. The fraction of sp³-hybridized carbons (Fsp3) is 1.00. The van der Waals surface area contributed by atoms with Gasteiger partial charge in [0.05, 0.1) is 6.61 Å². The molecule has 0 aromatic rings. The van der Waals surface area contributed by atoms with Crippen LogP contribution in [0.1, 0.15) is 46.0 Å². The number of methoxy groups -OCH3 is 1. The molecule has 0 aromatic heterocycles. The van der Waals surface area contributed by atoms with Gasteiger partial charge in [0.25, 0.3) is 0 Å². The second-order valence-electron chi connectivity index (χ2n) is 5.67. The lowest BCUT2D eigenvalue weighted by Gasteiger charge is -2.39. The van der Waals surface area contributed by atoms with Gasteiger partial charge in [-0.25, -0.2) is 0 Å². The standard InChI is InChI=1S/C15H32N2O/c1-5-13-7-9-14(10-8-13)17(3)15(12-18-4)11-16-6-2/h13-16H,5-12H2,1-4H3. The Hall–Kier alpha value is -0.120. The maximum Gasteiger partial charge on any atom is 0.0630 e. The van der Waals surface area contributed by atoms with E-state index in [0.29, 0.717) is 6.04 Å². The van der Waals surface area contributed by atoms with Crippen LogP contribution in [0.15, 0.2) is 0 Å². The normalized spacial score (nSPS) is 26.5. The van der Waals surface area contributed by atoms with Crippen LogP contribution >= 0.6 is 0 Å². The minimum Gasteiger partial charge on any atom is -0.383 e. The lowest BCUT2D eigenvalue weighted by atomic mass is 9.83. The molecule has 1 aliphatic carbocycles. The lowest BCUT2D eigenvalue weighted by Crippen LogP contribution is -2.49. The number of hydrogen-bond acceptors (Lipinski definition) is 3. The Morgan fingerprint density at radius 1 is 1.22 bits per heavy atom. The van der Waals surface area contributed by atoms with Crippen molar-refractivity contribution in [2.75, 3.05) is 33.9 Å². The van der Waals surface area contributed by atoms with E-state index in [9.17, 15) is 0 Å². The first-order valence-electron chi connectivity index (χ1n) is 7.64. The summed E-state index contributed by atoms with van der Waals surface area (Å²) < 4.78 is 5.37. The zero-order valence-electron chi connectivity index (χ0n) is 12.7. The van der Waals surface area contributed by atoms with Crippen molar-refractivity contribution in [2.45, 2.75) is 58.0 Å². The minimum absolute atomic E-state index is 0.512. The summed E-state index contributed by atoms with van der Waals surface area (Å²) in [5.74, 6) is 0.976. The number of nitrogens with zero attached hydrogens (tertiary/aromatic N) is 1. The second kappa shape index (κ2) is 8.89. The molecular formula is C15H32N2O. The minimum atomic E-state index is 0.512. The van der Waals surface area contributed by atoms with E-state index in [2.05, 4.69) is 31.1 Å². The van der Waals surface area contributed by atoms with Gasteiger partial charge in [0, 0.05) is 25.7 Å². The first-order valence-corrected chi connectivity index (χ1v) is 7.64. The summed E-state index contributed by atoms with van der Waals surface area (Å²) in [6.45, 7) is 7.40. The van der Waals surface area contributed by atoms with Crippen LogP contribution < -0.4 is 5.32 Å². The van der Waals surface area contributed by atoms with Crippen LogP contribution in [-0.4, -0.2) is 50.8 Å². The van der Waals surface area contributed by atoms with Crippen molar-refractivity contribution in [3.05, 3.63) is 0 Å². The molecule has 0 amide bonds. The fourth-order valence-corrected chi connectivity index (χ4v) is 3.08. The number of ether oxygens (including phenoxy) is 1. The van der Waals surface area contributed by atoms with Gasteiger partial charge in [-0.1, -0.05) is 20.3 Å². The molecule has 0 saturated heterocycles. The molecule has 1 unspecified atom stereocenters. The van der Waals surface area contributed by atoms with Crippen molar-refractivity contribution >= 4 is 0 Å². The van der Waals surface area contributed by atoms with Crippen molar-refractivity contribution in [3.63, 3.8) is 0 Å². The van der Waals surface area contributed by atoms with Crippen LogP contribution in [0.4, 0.5) is 0 Å². The maximum absolute atomic E-state index is 5.37. The van der Waals surface area contributed by atoms with E-state index in [-0.39, 0.29) is 0 Å². The maximum atomic E-state index is 5.37. The third-order valence-electron chi connectivity index (χ3n) is 4.53. The van der Waals surface area contributed by atoms with Crippen LogP contribution in [0.3, 0.4) is 0 Å². The van der Waals surface area contributed by atoms with Crippen molar-refractivity contribution in [2.24, 2.45) is 5.92 Å². The number of rotatable bonds is 8. The highest BCUT2D eigenvalue weighted by Crippen LogP contribution is 2.29. The zero-order valence-corrected chi connectivity index (χ0v) is 12.7. The van der Waals surface area contributed by atoms with E-state index in [1.54, 1.807) is 7.11 Å². The monoisotopic (exact) mass is 256 g/mol. The van der Waals surface area contributed by atoms with Crippen LogP contribution in [0.2, 0.25) is 0 Å². The number of likely N-dealkylation sites (N-methyl/N-ethyl adjacent to an activating group) is 2. The highest BCUT2D eigenvalue weighted by atomic mass is 16.5. The van der Waals surface area contributed by atoms with Gasteiger partial charge in [-0.3, -0.25) is 4.90 Å². The van der Waals surface area contributed by atoms with Crippen molar-refractivity contribution in [3.8, 4) is 0 Å². The number of hydrogen-bond donors (Lipinski definition) is 1. The summed E-state index contributed by atoms with van der Waals surface area (Å²) in [5.41, 5.74) is 0. The molecule has 1 atom stereocenters. The van der Waals surface area contributed by atoms with E-state index in [0.717, 1.165) is 31.7 Å². The summed E-state index contributed by atoms with van der Waals surface area (Å²) >= 11 is 0. The van der Waals surface area contributed by atoms with E-state index in [1.165, 1.54) is 32.1 Å². The zero-order chi connectivity index (χ0) is 13.4. The molecule has 1 saturated carbocycles. The van der Waals surface area contributed by atoms with Gasteiger partial charge >= 0.3 is 0 Å². The van der Waals surface area contributed by atoms with Crippen LogP contribution in [0.5, 0.6) is 0 Å². The van der Waals surface area contributed by atoms with Gasteiger partial charge in [-0.2, -0.15) is 0 Å². The third kappa shape index (κ3) is 4.87. The lowest BCUT2D eigenvalue weighted by molar-refractivity contribution is 0.0599. The average molecular weight is 256 g/mol. The molecular weight excluding hydrogens is 224 g/mol. The molecule has 1 fully saturated rings. The van der Waals surface area contributed by atoms with Crippen molar-refractivity contribution < 1.29 is 4.74 Å². The molecule has 0 aromatic carbocycles. The molecule has 0 aliphatic heterocycles. The topological polar surface area (TPSA) is 24.5 Å². The van der Waals surface area contributed by atoms with Gasteiger partial charge < -0.3 is 10.1 Å². The molecule has 18 heavy (non-hydrogen) atoms. The third-order valence-corrected chi connectivity index (χ3v) is 4.53. The van der Waals surface area contributed by atoms with E-state index < -0.39 is 0 Å². The van der Waals surface area contributed by atoms with E-state index >= 15 is 0 Å². The molecule has 3 heteroatoms. The predicted octanol–water partition coefficient (Wildman–Crippen LogP) is 2.51. The van der Waals surface area contributed by atoms with Gasteiger partial charge in [-0.05, 0) is 45.2 Å². The van der Waals surface area contributed by atoms with Gasteiger partial charge in [0.1, 0.15) is 0 Å². The molecule has 0 spiro atoms. The number of nitrogens with one attached hydrogen (secondary N) is 1. The first-order chi connectivity index (χ1) is 8.72. The van der Waals surface area contributed by atoms with Crippen LogP contribution in [0.25, 0.3) is 0 Å². The Labute approximate surface area is 113 Å². The Kier molecular flexibility index (Phi) is 7.87. The van der Waals surface area contributed by atoms with E-state index in [1.807, 2.05) is 0 Å². The summed E-state index contributed by atoms with van der Waals surface area (Å²) in [6.07, 6.45) is 6.90. The van der Waals surface area contributed by atoms with Gasteiger partial charge in [-0.15, -0.1) is 0 Å². The summed E-state index contributed by atoms with van der Waals surface area (Å²) in [5, 5.41) is 3.45. The quantitative estimate of drug-likeness (QED) is 0.722. The highest BCUT2D eigenvalue weighted by molar-refractivity contribution is 4.82. The largest absolute Gasteiger partial charge is 0.383 e. The van der Waals surface area contributed by atoms with Gasteiger partial charge in [0.15, 0.2) is 0 Å². The molecule has 1 N–H and O–H groups in total. The molecule has 0 bridgehead atoms. The Morgan fingerprint density at radius 3 is 2.39 bits per heavy atom. The Balaban J connectivity index is 2.41. The summed E-state index contributed by atoms with van der Waals surface area (Å²) in [7, 11) is 4.08. The highest BCUT2D eigenvalue weighted by Gasteiger charge is 2.27. The molecule has 108 valence electrons. The predicted molar refractivity (Wildman–Crippen MR) is 78.0 cm³/mol. The van der Waals surface area contributed by atoms with Crippen LogP contribution in [0, 0.1) is 5.92 Å². The summed E-state index contributed by atoms with van der Waals surface area (Å²) in [4.78, 5) is 2.55. The Bertz CT molecular complexity index is 203. The Morgan fingerprint density at radius 2 is 1.89 bits per heavy atom. The first kappa shape index (κ1) is 15.9. The molecule has 1 aliphatic rings. The SMILES string of the molecule is CCNCC(COC)N(C)C1CCC(CC)CC1. The van der Waals surface area contributed by atoms with Crippen LogP contribution in [-0.2, 0) is 4.74 Å². The fourth-order valence-electron chi connectivity index (χ4n) is 3.08. The second-order valence-corrected chi connectivity index (χ2v) is 5.67.